The molecule has 0 radical (unpaired) electrons. The van der Waals surface area contributed by atoms with Gasteiger partial charge in [-0.2, -0.15) is 13.2 Å². The van der Waals surface area contributed by atoms with Crippen LogP contribution in [0.2, 0.25) is 0 Å². The van der Waals surface area contributed by atoms with Crippen molar-refractivity contribution in [3.8, 4) is 0 Å². The fourth-order valence-electron chi connectivity index (χ4n) is 1.79. The van der Waals surface area contributed by atoms with Gasteiger partial charge in [-0.3, -0.25) is 4.90 Å². The first-order chi connectivity index (χ1) is 7.90. The Bertz CT molecular complexity index is 228. The van der Waals surface area contributed by atoms with Gasteiger partial charge >= 0.3 is 6.18 Å². The van der Waals surface area contributed by atoms with Crippen LogP contribution >= 0.6 is 15.9 Å². The summed E-state index contributed by atoms with van der Waals surface area (Å²) < 4.78 is 45.7. The second-order valence-corrected chi connectivity index (χ2v) is 4.80. The first-order valence-corrected chi connectivity index (χ1v) is 6.61. The van der Waals surface area contributed by atoms with E-state index in [1.807, 2.05) is 6.92 Å². The molecular formula is C10H17BrF3NO2. The molecule has 0 aromatic heterocycles. The van der Waals surface area contributed by atoms with Crippen LogP contribution in [-0.4, -0.2) is 61.5 Å². The van der Waals surface area contributed by atoms with Crippen molar-refractivity contribution in [2.45, 2.75) is 25.3 Å². The molecule has 1 aliphatic rings. The molecule has 0 saturated carbocycles. The van der Waals surface area contributed by atoms with Crippen LogP contribution in [0.1, 0.15) is 6.92 Å². The summed E-state index contributed by atoms with van der Waals surface area (Å²) in [5.41, 5.74) is 0. The van der Waals surface area contributed by atoms with Crippen LogP contribution in [0.15, 0.2) is 0 Å². The molecule has 1 fully saturated rings. The maximum Gasteiger partial charge on any atom is 0.411 e. The molecule has 1 saturated heterocycles. The van der Waals surface area contributed by atoms with Crippen LogP contribution < -0.4 is 0 Å². The second kappa shape index (κ2) is 6.92. The Morgan fingerprint density at radius 3 is 2.71 bits per heavy atom. The number of hydrogen-bond acceptors (Lipinski definition) is 3. The molecule has 2 atom stereocenters. The van der Waals surface area contributed by atoms with Crippen molar-refractivity contribution in [2.75, 3.05) is 38.2 Å². The number of halogens is 4. The van der Waals surface area contributed by atoms with Gasteiger partial charge in [0.25, 0.3) is 0 Å². The van der Waals surface area contributed by atoms with Gasteiger partial charge in [0.05, 0.1) is 18.8 Å². The van der Waals surface area contributed by atoms with Gasteiger partial charge in [-0.05, 0) is 6.92 Å². The van der Waals surface area contributed by atoms with E-state index in [2.05, 4.69) is 25.6 Å². The Morgan fingerprint density at radius 2 is 2.12 bits per heavy atom. The van der Waals surface area contributed by atoms with E-state index in [1.165, 1.54) is 0 Å². The Morgan fingerprint density at radius 1 is 1.41 bits per heavy atom. The molecule has 17 heavy (non-hydrogen) atoms. The molecule has 0 spiro atoms. The van der Waals surface area contributed by atoms with Crippen LogP contribution in [0.5, 0.6) is 0 Å². The van der Waals surface area contributed by atoms with Gasteiger partial charge in [-0.25, -0.2) is 0 Å². The molecule has 3 nitrogen and oxygen atoms in total. The van der Waals surface area contributed by atoms with Crippen molar-refractivity contribution in [3.63, 3.8) is 0 Å². The van der Waals surface area contributed by atoms with Gasteiger partial charge in [-0.1, -0.05) is 15.9 Å². The third kappa shape index (κ3) is 6.59. The molecule has 2 unspecified atom stereocenters. The van der Waals surface area contributed by atoms with E-state index >= 15 is 0 Å². The average molecular weight is 320 g/mol. The summed E-state index contributed by atoms with van der Waals surface area (Å²) in [6.07, 6.45) is -4.04. The highest BCUT2D eigenvalue weighted by Crippen LogP contribution is 2.15. The largest absolute Gasteiger partial charge is 0.411 e. The monoisotopic (exact) mass is 319 g/mol. The zero-order valence-corrected chi connectivity index (χ0v) is 11.3. The predicted octanol–water partition coefficient (Wildman–Crippen LogP) is 2.05. The number of rotatable bonds is 5. The van der Waals surface area contributed by atoms with E-state index in [-0.39, 0.29) is 18.8 Å². The van der Waals surface area contributed by atoms with Crippen molar-refractivity contribution in [1.29, 1.82) is 0 Å². The van der Waals surface area contributed by atoms with E-state index in [4.69, 9.17) is 4.74 Å². The minimum atomic E-state index is -4.24. The summed E-state index contributed by atoms with van der Waals surface area (Å²) in [5, 5.41) is 0.733. The van der Waals surface area contributed by atoms with Crippen LogP contribution in [0.4, 0.5) is 13.2 Å². The average Bonchev–Trinajstić information content (AvgIpc) is 2.22. The number of nitrogens with zero attached hydrogens (tertiary/aromatic N) is 1. The van der Waals surface area contributed by atoms with Crippen LogP contribution in [0, 0.1) is 0 Å². The zero-order valence-electron chi connectivity index (χ0n) is 9.67. The summed E-state index contributed by atoms with van der Waals surface area (Å²) in [6.45, 7) is 2.85. The molecule has 1 aliphatic heterocycles. The molecule has 102 valence electrons. The van der Waals surface area contributed by atoms with Crippen LogP contribution in [0.3, 0.4) is 0 Å². The first kappa shape index (κ1) is 15.2. The summed E-state index contributed by atoms with van der Waals surface area (Å²) in [5.74, 6) is 0. The number of alkyl halides is 4. The third-order valence-corrected chi connectivity index (χ3v) is 3.11. The molecule has 0 amide bonds. The van der Waals surface area contributed by atoms with E-state index < -0.39 is 12.8 Å². The predicted molar refractivity (Wildman–Crippen MR) is 61.4 cm³/mol. The van der Waals surface area contributed by atoms with E-state index in [0.29, 0.717) is 6.54 Å². The summed E-state index contributed by atoms with van der Waals surface area (Å²) in [4.78, 5) is 2.07. The standard InChI is InChI=1S/C10H17BrF3NO2/c1-8-5-15(6-9(4-11)17-8)2-3-16-7-10(12,13)14/h8-9H,2-7H2,1H3. The van der Waals surface area contributed by atoms with Gasteiger partial charge in [0, 0.05) is 25.0 Å². The molecule has 1 rings (SSSR count). The lowest BCUT2D eigenvalue weighted by atomic mass is 10.2. The lowest BCUT2D eigenvalue weighted by Crippen LogP contribution is -2.48. The third-order valence-electron chi connectivity index (χ3n) is 2.39. The molecule has 0 N–H and O–H groups in total. The SMILES string of the molecule is CC1CN(CCOCC(F)(F)F)CC(CBr)O1. The van der Waals surface area contributed by atoms with Gasteiger partial charge < -0.3 is 9.47 Å². The maximum atomic E-state index is 11.8. The fourth-order valence-corrected chi connectivity index (χ4v) is 2.15. The molecule has 7 heteroatoms. The van der Waals surface area contributed by atoms with E-state index in [1.54, 1.807) is 0 Å². The minimum absolute atomic E-state index is 0.0984. The summed E-state index contributed by atoms with van der Waals surface area (Å²) in [7, 11) is 0. The number of hydrogen-bond donors (Lipinski definition) is 0. The smallest absolute Gasteiger partial charge is 0.372 e. The minimum Gasteiger partial charge on any atom is -0.372 e. The molecule has 0 aliphatic carbocycles. The molecular weight excluding hydrogens is 303 g/mol. The topological polar surface area (TPSA) is 21.7 Å². The highest BCUT2D eigenvalue weighted by atomic mass is 79.9. The lowest BCUT2D eigenvalue weighted by molar-refractivity contribution is -0.175. The summed E-state index contributed by atoms with van der Waals surface area (Å²) >= 11 is 3.34. The van der Waals surface area contributed by atoms with E-state index in [9.17, 15) is 13.2 Å². The van der Waals surface area contributed by atoms with Gasteiger partial charge in [0.15, 0.2) is 0 Å². The van der Waals surface area contributed by atoms with Gasteiger partial charge in [0.2, 0.25) is 0 Å². The van der Waals surface area contributed by atoms with Crippen molar-refractivity contribution in [3.05, 3.63) is 0 Å². The van der Waals surface area contributed by atoms with Crippen LogP contribution in [0.25, 0.3) is 0 Å². The lowest BCUT2D eigenvalue weighted by Gasteiger charge is -2.36. The molecule has 1 heterocycles. The number of ether oxygens (including phenoxy) is 2. The highest BCUT2D eigenvalue weighted by molar-refractivity contribution is 9.09. The Kier molecular flexibility index (Phi) is 6.19. The van der Waals surface area contributed by atoms with Crippen molar-refractivity contribution < 1.29 is 22.6 Å². The highest BCUT2D eigenvalue weighted by Gasteiger charge is 2.28. The zero-order chi connectivity index (χ0) is 12.9. The van der Waals surface area contributed by atoms with Gasteiger partial charge in [-0.15, -0.1) is 0 Å². The fraction of sp³-hybridized carbons (Fsp3) is 1.00. The Balaban J connectivity index is 2.18. The Labute approximate surface area is 107 Å². The molecule has 0 bridgehead atoms. The summed E-state index contributed by atoms with van der Waals surface area (Å²) in [6, 6.07) is 0. The van der Waals surface area contributed by atoms with Crippen molar-refractivity contribution >= 4 is 15.9 Å². The first-order valence-electron chi connectivity index (χ1n) is 5.49. The molecule has 0 aromatic carbocycles. The molecule has 0 aromatic rings. The van der Waals surface area contributed by atoms with E-state index in [0.717, 1.165) is 18.4 Å². The van der Waals surface area contributed by atoms with Crippen molar-refractivity contribution in [1.82, 2.24) is 4.90 Å². The van der Waals surface area contributed by atoms with Crippen LogP contribution in [-0.2, 0) is 9.47 Å². The van der Waals surface area contributed by atoms with Crippen molar-refractivity contribution in [2.24, 2.45) is 0 Å². The maximum absolute atomic E-state index is 11.8. The quantitative estimate of drug-likeness (QED) is 0.572. The van der Waals surface area contributed by atoms with Gasteiger partial charge in [0.1, 0.15) is 6.61 Å². The normalized spacial score (nSPS) is 27.4. The Hall–Kier alpha value is 0.150. The number of morpholine rings is 1. The second-order valence-electron chi connectivity index (χ2n) is 4.15.